The Labute approximate surface area is 142 Å². The summed E-state index contributed by atoms with van der Waals surface area (Å²) < 4.78 is 0. The zero-order valence-electron chi connectivity index (χ0n) is 13.3. The van der Waals surface area contributed by atoms with Crippen molar-refractivity contribution >= 4 is 28.7 Å². The van der Waals surface area contributed by atoms with Crippen LogP contribution in [-0.2, 0) is 6.42 Å². The highest BCUT2D eigenvalue weighted by molar-refractivity contribution is 7.80. The second-order valence-corrected chi connectivity index (χ2v) is 6.26. The molecule has 3 rings (SSSR count). The zero-order valence-corrected chi connectivity index (χ0v) is 14.1. The molecule has 2 N–H and O–H groups in total. The van der Waals surface area contributed by atoms with Crippen molar-refractivity contribution in [2.24, 2.45) is 5.10 Å². The summed E-state index contributed by atoms with van der Waals surface area (Å²) in [5.41, 5.74) is 8.90. The van der Waals surface area contributed by atoms with Gasteiger partial charge in [-0.05, 0) is 62.5 Å². The van der Waals surface area contributed by atoms with E-state index >= 15 is 0 Å². The monoisotopic (exact) mass is 323 g/mol. The molecule has 0 heterocycles. The van der Waals surface area contributed by atoms with Gasteiger partial charge >= 0.3 is 0 Å². The number of rotatable bonds is 2. The predicted octanol–water partition coefficient (Wildman–Crippen LogP) is 4.41. The number of aryl methyl sites for hydroxylation is 2. The van der Waals surface area contributed by atoms with Crippen molar-refractivity contribution in [2.75, 3.05) is 5.32 Å². The molecule has 3 nitrogen and oxygen atoms in total. The van der Waals surface area contributed by atoms with Crippen molar-refractivity contribution in [3.63, 3.8) is 0 Å². The maximum atomic E-state index is 5.34. The summed E-state index contributed by atoms with van der Waals surface area (Å²) in [4.78, 5) is 0. The first-order valence-corrected chi connectivity index (χ1v) is 8.42. The van der Waals surface area contributed by atoms with Gasteiger partial charge < -0.3 is 5.32 Å². The molecule has 4 heteroatoms. The maximum Gasteiger partial charge on any atom is 0.191 e. The minimum atomic E-state index is 0.517. The summed E-state index contributed by atoms with van der Waals surface area (Å²) in [5, 5.41) is 8.24. The van der Waals surface area contributed by atoms with Gasteiger partial charge in [0.15, 0.2) is 5.11 Å². The Hall–Kier alpha value is -2.20. The predicted molar refractivity (Wildman–Crippen MR) is 101 cm³/mol. The van der Waals surface area contributed by atoms with Gasteiger partial charge in [0.05, 0.1) is 5.71 Å². The third-order valence-corrected chi connectivity index (χ3v) is 4.23. The van der Waals surface area contributed by atoms with Gasteiger partial charge in [-0.25, -0.2) is 0 Å². The van der Waals surface area contributed by atoms with E-state index in [1.165, 1.54) is 23.1 Å². The highest BCUT2D eigenvalue weighted by atomic mass is 32.1. The molecule has 0 amide bonds. The molecular weight excluding hydrogens is 302 g/mol. The Morgan fingerprint density at radius 3 is 2.57 bits per heavy atom. The van der Waals surface area contributed by atoms with Crippen molar-refractivity contribution in [1.29, 1.82) is 0 Å². The van der Waals surface area contributed by atoms with Crippen molar-refractivity contribution in [3.05, 3.63) is 65.2 Å². The van der Waals surface area contributed by atoms with E-state index < -0.39 is 0 Å². The van der Waals surface area contributed by atoms with Crippen LogP contribution in [0.15, 0.2) is 53.6 Å². The van der Waals surface area contributed by atoms with Crippen LogP contribution in [0.2, 0.25) is 0 Å². The molecule has 1 aliphatic carbocycles. The summed E-state index contributed by atoms with van der Waals surface area (Å²) in [6.45, 7) is 2.07. The quantitative estimate of drug-likeness (QED) is 0.488. The number of nitrogens with one attached hydrogen (secondary N) is 2. The van der Waals surface area contributed by atoms with Crippen molar-refractivity contribution < 1.29 is 0 Å². The van der Waals surface area contributed by atoms with Gasteiger partial charge in [0.25, 0.3) is 0 Å². The third-order valence-electron chi connectivity index (χ3n) is 4.04. The Balaban J connectivity index is 1.69. The largest absolute Gasteiger partial charge is 0.331 e. The van der Waals surface area contributed by atoms with Crippen LogP contribution in [0.3, 0.4) is 0 Å². The van der Waals surface area contributed by atoms with E-state index in [1.807, 2.05) is 12.1 Å². The smallest absolute Gasteiger partial charge is 0.191 e. The number of nitrogens with zero attached hydrogens (tertiary/aromatic N) is 1. The maximum absolute atomic E-state index is 5.34. The zero-order chi connectivity index (χ0) is 16.1. The first-order chi connectivity index (χ1) is 11.2. The van der Waals surface area contributed by atoms with E-state index in [0.29, 0.717) is 5.11 Å². The number of fused-ring (bicyclic) bond motifs is 1. The van der Waals surface area contributed by atoms with Crippen LogP contribution in [0.25, 0.3) is 0 Å². The first-order valence-electron chi connectivity index (χ1n) is 8.01. The molecule has 0 saturated heterocycles. The van der Waals surface area contributed by atoms with Crippen molar-refractivity contribution in [1.82, 2.24) is 5.43 Å². The molecule has 2 aromatic rings. The lowest BCUT2D eigenvalue weighted by molar-refractivity contribution is 0.774. The first kappa shape index (κ1) is 15.7. The van der Waals surface area contributed by atoms with Gasteiger partial charge in [-0.2, -0.15) is 5.10 Å². The van der Waals surface area contributed by atoms with E-state index in [-0.39, 0.29) is 0 Å². The topological polar surface area (TPSA) is 36.4 Å². The van der Waals surface area contributed by atoms with E-state index in [0.717, 1.165) is 30.7 Å². The molecule has 23 heavy (non-hydrogen) atoms. The fourth-order valence-corrected chi connectivity index (χ4v) is 2.96. The van der Waals surface area contributed by atoms with Gasteiger partial charge in [-0.3, -0.25) is 5.43 Å². The number of anilines is 1. The third kappa shape index (κ3) is 4.17. The highest BCUT2D eigenvalue weighted by Gasteiger charge is 2.13. The van der Waals surface area contributed by atoms with Gasteiger partial charge in [0, 0.05) is 11.3 Å². The Morgan fingerprint density at radius 1 is 1.00 bits per heavy atom. The van der Waals surface area contributed by atoms with Gasteiger partial charge in [-0.1, -0.05) is 42.0 Å². The van der Waals surface area contributed by atoms with Crippen LogP contribution in [0.1, 0.15) is 36.0 Å². The Morgan fingerprint density at radius 2 is 1.74 bits per heavy atom. The summed E-state index contributed by atoms with van der Waals surface area (Å²) in [7, 11) is 0. The van der Waals surface area contributed by atoms with Crippen LogP contribution < -0.4 is 10.7 Å². The normalized spacial score (nSPS) is 15.6. The molecule has 0 aliphatic heterocycles. The van der Waals surface area contributed by atoms with E-state index in [9.17, 15) is 0 Å². The fourth-order valence-electron chi connectivity index (χ4n) is 2.79. The summed E-state index contributed by atoms with van der Waals surface area (Å²) >= 11 is 5.34. The van der Waals surface area contributed by atoms with Crippen molar-refractivity contribution in [2.45, 2.75) is 32.6 Å². The lowest BCUT2D eigenvalue weighted by Crippen LogP contribution is -2.25. The Bertz CT molecular complexity index is 720. The molecule has 0 fully saturated rings. The minimum Gasteiger partial charge on any atom is -0.331 e. The van der Waals surface area contributed by atoms with Crippen LogP contribution in [0.4, 0.5) is 5.69 Å². The molecule has 118 valence electrons. The lowest BCUT2D eigenvalue weighted by atomic mass is 10.0. The summed E-state index contributed by atoms with van der Waals surface area (Å²) in [6.07, 6.45) is 4.48. The second kappa shape index (κ2) is 7.38. The van der Waals surface area contributed by atoms with Crippen LogP contribution in [0.5, 0.6) is 0 Å². The summed E-state index contributed by atoms with van der Waals surface area (Å²) in [6, 6.07) is 16.6. The minimum absolute atomic E-state index is 0.517. The van der Waals surface area contributed by atoms with Crippen molar-refractivity contribution in [3.8, 4) is 0 Å². The molecule has 0 aromatic heterocycles. The fraction of sp³-hybridized carbons (Fsp3) is 0.263. The average molecular weight is 323 g/mol. The van der Waals surface area contributed by atoms with E-state index in [2.05, 4.69) is 59.2 Å². The van der Waals surface area contributed by atoms with Crippen LogP contribution in [0, 0.1) is 6.92 Å². The Kier molecular flexibility index (Phi) is 5.03. The lowest BCUT2D eigenvalue weighted by Gasteiger charge is -2.10. The van der Waals surface area contributed by atoms with Gasteiger partial charge in [0.1, 0.15) is 0 Å². The van der Waals surface area contributed by atoms with E-state index in [4.69, 9.17) is 12.2 Å². The highest BCUT2D eigenvalue weighted by Crippen LogP contribution is 2.20. The van der Waals surface area contributed by atoms with Gasteiger partial charge in [-0.15, -0.1) is 0 Å². The molecule has 1 aliphatic rings. The number of hydrogen-bond donors (Lipinski definition) is 2. The number of hydrazone groups is 1. The van der Waals surface area contributed by atoms with Gasteiger partial charge in [0.2, 0.25) is 0 Å². The van der Waals surface area contributed by atoms with E-state index in [1.54, 1.807) is 0 Å². The van der Waals surface area contributed by atoms with Crippen LogP contribution in [-0.4, -0.2) is 10.8 Å². The molecule has 2 aromatic carbocycles. The molecule has 0 unspecified atom stereocenters. The second-order valence-electron chi connectivity index (χ2n) is 5.85. The molecule has 0 atom stereocenters. The number of benzene rings is 2. The molecular formula is C19H21N3S. The van der Waals surface area contributed by atoms with Crippen LogP contribution >= 0.6 is 12.2 Å². The molecule has 0 spiro atoms. The summed E-state index contributed by atoms with van der Waals surface area (Å²) in [5.74, 6) is 0. The number of hydrogen-bond acceptors (Lipinski definition) is 2. The molecule has 0 radical (unpaired) electrons. The standard InChI is InChI=1S/C19H21N3S/c1-14-10-12-16(13-11-14)20-19(23)22-21-18-9-5-3-7-15-6-2-4-8-17(15)18/h2,4,6,8,10-13H,3,5,7,9H2,1H3,(H2,20,22,23). The molecule has 0 bridgehead atoms. The number of thiocarbonyl (C=S) groups is 1. The molecule has 0 saturated carbocycles. The SMILES string of the molecule is Cc1ccc(NC(=S)NN=C2CCCCc3ccccc32)cc1. The average Bonchev–Trinajstić information content (AvgIpc) is 2.77.